The third kappa shape index (κ3) is 3.16. The summed E-state index contributed by atoms with van der Waals surface area (Å²) in [5.74, 6) is -1.23. The number of ether oxygens (including phenoxy) is 1. The quantitative estimate of drug-likeness (QED) is 0.792. The fourth-order valence-corrected chi connectivity index (χ4v) is 1.90. The van der Waals surface area contributed by atoms with Crippen LogP contribution in [0.2, 0.25) is 0 Å². The Bertz CT molecular complexity index is 540. The minimum atomic E-state index is -0.552. The number of nitrogens with zero attached hydrogens (tertiary/aromatic N) is 1. The third-order valence-electron chi connectivity index (χ3n) is 2.77. The fraction of sp³-hybridized carbons (Fsp3) is 0.200. The van der Waals surface area contributed by atoms with Crippen LogP contribution in [0.3, 0.4) is 0 Å². The highest BCUT2D eigenvalue weighted by Crippen LogP contribution is 2.25. The van der Waals surface area contributed by atoms with E-state index in [1.54, 1.807) is 43.6 Å². The lowest BCUT2D eigenvalue weighted by Crippen LogP contribution is -2.17. The molecule has 0 aliphatic carbocycles. The number of aromatic nitrogens is 1. The average molecular weight is 259 g/mol. The topological polar surface area (TPSA) is 39.2 Å². The maximum atomic E-state index is 13.0. The van der Waals surface area contributed by atoms with Crippen LogP contribution in [0.25, 0.3) is 0 Å². The second-order valence-corrected chi connectivity index (χ2v) is 4.02. The van der Waals surface area contributed by atoms with Crippen molar-refractivity contribution < 1.29 is 13.9 Å². The first kappa shape index (κ1) is 13.2. The first-order valence-corrected chi connectivity index (χ1v) is 6.04. The number of esters is 1. The van der Waals surface area contributed by atoms with E-state index in [1.165, 1.54) is 12.1 Å². The molecule has 19 heavy (non-hydrogen) atoms. The normalized spacial score (nSPS) is 11.9. The van der Waals surface area contributed by atoms with Crippen molar-refractivity contribution in [2.45, 2.75) is 12.8 Å². The fourth-order valence-electron chi connectivity index (χ4n) is 1.90. The molecule has 0 saturated carbocycles. The predicted octanol–water partition coefficient (Wildman–Crippen LogP) is 2.92. The zero-order valence-electron chi connectivity index (χ0n) is 10.5. The maximum absolute atomic E-state index is 13.0. The van der Waals surface area contributed by atoms with Crippen molar-refractivity contribution in [1.82, 2.24) is 4.98 Å². The molecule has 0 aliphatic heterocycles. The van der Waals surface area contributed by atoms with Crippen LogP contribution in [-0.2, 0) is 9.53 Å². The van der Waals surface area contributed by atoms with Crippen LogP contribution in [0.5, 0.6) is 0 Å². The summed E-state index contributed by atoms with van der Waals surface area (Å²) in [7, 11) is 0. The van der Waals surface area contributed by atoms with Gasteiger partial charge in [0.1, 0.15) is 11.7 Å². The predicted molar refractivity (Wildman–Crippen MR) is 69.1 cm³/mol. The Morgan fingerprint density at radius 1 is 1.16 bits per heavy atom. The van der Waals surface area contributed by atoms with E-state index in [0.29, 0.717) is 12.2 Å². The molecule has 4 heteroatoms. The molecule has 3 nitrogen and oxygen atoms in total. The smallest absolute Gasteiger partial charge is 0.317 e. The first-order valence-electron chi connectivity index (χ1n) is 6.04. The van der Waals surface area contributed by atoms with Gasteiger partial charge >= 0.3 is 5.97 Å². The molecule has 1 aromatic heterocycles. The molecule has 98 valence electrons. The van der Waals surface area contributed by atoms with E-state index in [1.807, 2.05) is 0 Å². The highest BCUT2D eigenvalue weighted by molar-refractivity contribution is 5.82. The summed E-state index contributed by atoms with van der Waals surface area (Å²) >= 11 is 0. The number of hydrogen-bond acceptors (Lipinski definition) is 3. The molecule has 0 N–H and O–H groups in total. The van der Waals surface area contributed by atoms with E-state index in [9.17, 15) is 9.18 Å². The third-order valence-corrected chi connectivity index (χ3v) is 2.77. The van der Waals surface area contributed by atoms with Gasteiger partial charge in [-0.2, -0.15) is 0 Å². The van der Waals surface area contributed by atoms with Gasteiger partial charge in [-0.15, -0.1) is 0 Å². The van der Waals surface area contributed by atoms with Crippen molar-refractivity contribution >= 4 is 5.97 Å². The molecule has 0 spiro atoms. The molecule has 1 unspecified atom stereocenters. The van der Waals surface area contributed by atoms with Crippen molar-refractivity contribution in [2.24, 2.45) is 0 Å². The van der Waals surface area contributed by atoms with Crippen LogP contribution in [0.15, 0.2) is 48.8 Å². The molecule has 0 fully saturated rings. The van der Waals surface area contributed by atoms with Gasteiger partial charge in [0.2, 0.25) is 0 Å². The summed E-state index contributed by atoms with van der Waals surface area (Å²) in [6, 6.07) is 9.37. The second-order valence-electron chi connectivity index (χ2n) is 4.02. The molecule has 0 aliphatic rings. The van der Waals surface area contributed by atoms with Crippen LogP contribution >= 0.6 is 0 Å². The molecule has 0 radical (unpaired) electrons. The Hall–Kier alpha value is -2.23. The van der Waals surface area contributed by atoms with Crippen LogP contribution in [-0.4, -0.2) is 17.6 Å². The molecule has 1 aromatic carbocycles. The summed E-state index contributed by atoms with van der Waals surface area (Å²) in [5.41, 5.74) is 1.48. The first-order chi connectivity index (χ1) is 9.22. The lowest BCUT2D eigenvalue weighted by Gasteiger charge is -2.16. The van der Waals surface area contributed by atoms with Crippen molar-refractivity contribution in [2.75, 3.05) is 6.61 Å². The molecule has 0 bridgehead atoms. The number of pyridine rings is 1. The van der Waals surface area contributed by atoms with Gasteiger partial charge in [0.05, 0.1) is 6.61 Å². The van der Waals surface area contributed by atoms with E-state index in [2.05, 4.69) is 4.98 Å². The molecular weight excluding hydrogens is 245 g/mol. The van der Waals surface area contributed by atoms with Crippen molar-refractivity contribution in [3.8, 4) is 0 Å². The number of carbonyl (C=O) groups is 1. The zero-order valence-corrected chi connectivity index (χ0v) is 10.5. The van der Waals surface area contributed by atoms with Gasteiger partial charge in [0, 0.05) is 12.4 Å². The highest BCUT2D eigenvalue weighted by atomic mass is 19.1. The van der Waals surface area contributed by atoms with Crippen molar-refractivity contribution in [1.29, 1.82) is 0 Å². The zero-order chi connectivity index (χ0) is 13.7. The van der Waals surface area contributed by atoms with Gasteiger partial charge in [-0.25, -0.2) is 4.39 Å². The van der Waals surface area contributed by atoms with Crippen molar-refractivity contribution in [3.05, 3.63) is 65.7 Å². The molecule has 1 heterocycles. The monoisotopic (exact) mass is 259 g/mol. The summed E-state index contributed by atoms with van der Waals surface area (Å²) in [4.78, 5) is 16.0. The van der Waals surface area contributed by atoms with E-state index in [-0.39, 0.29) is 11.8 Å². The Morgan fingerprint density at radius 3 is 2.32 bits per heavy atom. The number of halogens is 1. The lowest BCUT2D eigenvalue weighted by atomic mass is 9.92. The van der Waals surface area contributed by atoms with E-state index in [4.69, 9.17) is 4.74 Å². The number of hydrogen-bond donors (Lipinski definition) is 0. The average Bonchev–Trinajstić information content (AvgIpc) is 2.43. The van der Waals surface area contributed by atoms with Gasteiger partial charge in [0.15, 0.2) is 0 Å². The molecule has 0 saturated heterocycles. The van der Waals surface area contributed by atoms with Crippen LogP contribution in [0.1, 0.15) is 24.0 Å². The van der Waals surface area contributed by atoms with Crippen LogP contribution in [0, 0.1) is 5.82 Å². The summed E-state index contributed by atoms with van der Waals surface area (Å²) in [6.07, 6.45) is 3.23. The standard InChI is InChI=1S/C15H14FNO2/c1-2-19-15(18)14(12-7-9-17-10-8-12)11-3-5-13(16)6-4-11/h3-10,14H,2H2,1H3. The van der Waals surface area contributed by atoms with Gasteiger partial charge in [-0.1, -0.05) is 12.1 Å². The van der Waals surface area contributed by atoms with E-state index < -0.39 is 5.92 Å². The Kier molecular flexibility index (Phi) is 4.23. The summed E-state index contributed by atoms with van der Waals surface area (Å²) < 4.78 is 18.1. The molecule has 2 rings (SSSR count). The van der Waals surface area contributed by atoms with Crippen LogP contribution in [0.4, 0.5) is 4.39 Å². The van der Waals surface area contributed by atoms with E-state index >= 15 is 0 Å². The lowest BCUT2D eigenvalue weighted by molar-refractivity contribution is -0.143. The van der Waals surface area contributed by atoms with E-state index in [0.717, 1.165) is 5.56 Å². The Labute approximate surface area is 111 Å². The number of carbonyl (C=O) groups excluding carboxylic acids is 1. The summed E-state index contributed by atoms with van der Waals surface area (Å²) in [6.45, 7) is 2.06. The van der Waals surface area contributed by atoms with Gasteiger partial charge in [0.25, 0.3) is 0 Å². The molecular formula is C15H14FNO2. The minimum absolute atomic E-state index is 0.307. The van der Waals surface area contributed by atoms with Gasteiger partial charge < -0.3 is 4.74 Å². The molecule has 0 amide bonds. The molecule has 2 aromatic rings. The van der Waals surface area contributed by atoms with Crippen molar-refractivity contribution in [3.63, 3.8) is 0 Å². The minimum Gasteiger partial charge on any atom is -0.465 e. The Balaban J connectivity index is 2.40. The number of benzene rings is 1. The SMILES string of the molecule is CCOC(=O)C(c1ccncc1)c1ccc(F)cc1. The summed E-state index contributed by atoms with van der Waals surface area (Å²) in [5, 5.41) is 0. The maximum Gasteiger partial charge on any atom is 0.317 e. The largest absolute Gasteiger partial charge is 0.465 e. The Morgan fingerprint density at radius 2 is 1.74 bits per heavy atom. The highest BCUT2D eigenvalue weighted by Gasteiger charge is 2.23. The number of rotatable bonds is 4. The van der Waals surface area contributed by atoms with Gasteiger partial charge in [-0.3, -0.25) is 9.78 Å². The van der Waals surface area contributed by atoms with Gasteiger partial charge in [-0.05, 0) is 42.3 Å². The molecule has 1 atom stereocenters. The second kappa shape index (κ2) is 6.09. The van der Waals surface area contributed by atoms with Crippen LogP contribution < -0.4 is 0 Å².